The molecule has 1 aromatic heterocycles. The van der Waals surface area contributed by atoms with Gasteiger partial charge in [0.15, 0.2) is 6.61 Å². The van der Waals surface area contributed by atoms with Crippen LogP contribution in [0.25, 0.3) is 0 Å². The Hall–Kier alpha value is -1.36. The van der Waals surface area contributed by atoms with Crippen LogP contribution < -0.4 is 4.74 Å². The first-order valence-corrected chi connectivity index (χ1v) is 6.27. The van der Waals surface area contributed by atoms with Crippen molar-refractivity contribution in [1.82, 2.24) is 10.1 Å². The van der Waals surface area contributed by atoms with Gasteiger partial charge in [0.25, 0.3) is 0 Å². The fourth-order valence-electron chi connectivity index (χ4n) is 1.37. The van der Waals surface area contributed by atoms with Crippen LogP contribution >= 0.6 is 15.9 Å². The molecule has 0 aliphatic heterocycles. The Morgan fingerprint density at radius 1 is 1.35 bits per heavy atom. The van der Waals surface area contributed by atoms with Crippen molar-refractivity contribution >= 4 is 15.9 Å². The number of aryl methyl sites for hydroxylation is 1. The highest BCUT2D eigenvalue weighted by Crippen LogP contribution is 2.24. The SMILES string of the molecule is CCCc1nc(COc2ccccc2Br)no1. The maximum atomic E-state index is 5.58. The molecule has 0 N–H and O–H groups in total. The van der Waals surface area contributed by atoms with Gasteiger partial charge in [0.1, 0.15) is 5.75 Å². The van der Waals surface area contributed by atoms with Crippen molar-refractivity contribution in [2.75, 3.05) is 0 Å². The highest BCUT2D eigenvalue weighted by Gasteiger charge is 2.07. The smallest absolute Gasteiger partial charge is 0.226 e. The lowest BCUT2D eigenvalue weighted by atomic mass is 10.3. The van der Waals surface area contributed by atoms with E-state index in [1.165, 1.54) is 0 Å². The Bertz CT molecular complexity index is 485. The number of ether oxygens (including phenoxy) is 1. The van der Waals surface area contributed by atoms with Gasteiger partial charge in [0.2, 0.25) is 11.7 Å². The summed E-state index contributed by atoms with van der Waals surface area (Å²) >= 11 is 3.41. The van der Waals surface area contributed by atoms with Crippen molar-refractivity contribution in [1.29, 1.82) is 0 Å². The predicted molar refractivity (Wildman–Crippen MR) is 66.8 cm³/mol. The molecule has 5 heteroatoms. The largest absolute Gasteiger partial charge is 0.484 e. The van der Waals surface area contributed by atoms with Crippen LogP contribution in [0.15, 0.2) is 33.3 Å². The molecule has 2 rings (SSSR count). The predicted octanol–water partition coefficient (Wildman–Crippen LogP) is 3.36. The van der Waals surface area contributed by atoms with Crippen LogP contribution in [0.1, 0.15) is 25.1 Å². The normalized spacial score (nSPS) is 10.5. The van der Waals surface area contributed by atoms with Crippen LogP contribution in [0.2, 0.25) is 0 Å². The Morgan fingerprint density at radius 3 is 2.94 bits per heavy atom. The molecular weight excluding hydrogens is 284 g/mol. The van der Waals surface area contributed by atoms with E-state index in [1.807, 2.05) is 24.3 Å². The van der Waals surface area contributed by atoms with Gasteiger partial charge in [-0.3, -0.25) is 0 Å². The van der Waals surface area contributed by atoms with Crippen molar-refractivity contribution in [3.8, 4) is 5.75 Å². The first-order valence-electron chi connectivity index (χ1n) is 5.48. The molecule has 0 fully saturated rings. The first kappa shape index (κ1) is 12.1. The molecule has 4 nitrogen and oxygen atoms in total. The molecule has 90 valence electrons. The molecule has 0 spiro atoms. The third kappa shape index (κ3) is 3.30. The zero-order valence-corrected chi connectivity index (χ0v) is 11.1. The van der Waals surface area contributed by atoms with Crippen LogP contribution in [-0.2, 0) is 13.0 Å². The second kappa shape index (κ2) is 5.82. The summed E-state index contributed by atoms with van der Waals surface area (Å²) in [5.41, 5.74) is 0. The summed E-state index contributed by atoms with van der Waals surface area (Å²) < 4.78 is 11.6. The van der Waals surface area contributed by atoms with Crippen LogP contribution in [0.3, 0.4) is 0 Å². The zero-order chi connectivity index (χ0) is 12.1. The van der Waals surface area contributed by atoms with Crippen molar-refractivity contribution in [3.63, 3.8) is 0 Å². The van der Waals surface area contributed by atoms with Crippen molar-refractivity contribution in [2.45, 2.75) is 26.4 Å². The fourth-order valence-corrected chi connectivity index (χ4v) is 1.77. The maximum absolute atomic E-state index is 5.58. The number of hydrogen-bond acceptors (Lipinski definition) is 4. The van der Waals surface area contributed by atoms with E-state index in [1.54, 1.807) is 0 Å². The van der Waals surface area contributed by atoms with Crippen molar-refractivity contribution in [2.24, 2.45) is 0 Å². The number of hydrogen-bond donors (Lipinski definition) is 0. The first-order chi connectivity index (χ1) is 8.29. The van der Waals surface area contributed by atoms with Gasteiger partial charge >= 0.3 is 0 Å². The molecule has 0 saturated heterocycles. The van der Waals surface area contributed by atoms with E-state index in [4.69, 9.17) is 9.26 Å². The summed E-state index contributed by atoms with van der Waals surface area (Å²) in [4.78, 5) is 4.23. The standard InChI is InChI=1S/C12H13BrN2O2/c1-2-5-12-14-11(15-17-12)8-16-10-7-4-3-6-9(10)13/h3-4,6-7H,2,5,8H2,1H3. The van der Waals surface area contributed by atoms with E-state index in [9.17, 15) is 0 Å². The molecule has 0 atom stereocenters. The van der Waals surface area contributed by atoms with Crippen LogP contribution in [0.5, 0.6) is 5.75 Å². The minimum atomic E-state index is 0.315. The number of nitrogens with zero attached hydrogens (tertiary/aromatic N) is 2. The van der Waals surface area contributed by atoms with Gasteiger partial charge < -0.3 is 9.26 Å². The van der Waals surface area contributed by atoms with Crippen molar-refractivity contribution in [3.05, 3.63) is 40.5 Å². The van der Waals surface area contributed by atoms with Gasteiger partial charge in [0.05, 0.1) is 4.47 Å². The second-order valence-electron chi connectivity index (χ2n) is 3.57. The minimum Gasteiger partial charge on any atom is -0.484 e. The Morgan fingerprint density at radius 2 is 2.18 bits per heavy atom. The van der Waals surface area contributed by atoms with Gasteiger partial charge in [-0.1, -0.05) is 24.2 Å². The van der Waals surface area contributed by atoms with Gasteiger partial charge in [-0.15, -0.1) is 0 Å². The molecule has 0 radical (unpaired) electrons. The molecular formula is C12H13BrN2O2. The lowest BCUT2D eigenvalue weighted by Crippen LogP contribution is -1.98. The maximum Gasteiger partial charge on any atom is 0.226 e. The Balaban J connectivity index is 1.95. The van der Waals surface area contributed by atoms with Gasteiger partial charge in [-0.05, 0) is 34.5 Å². The minimum absolute atomic E-state index is 0.315. The topological polar surface area (TPSA) is 48.2 Å². The molecule has 17 heavy (non-hydrogen) atoms. The van der Waals surface area contributed by atoms with Crippen molar-refractivity contribution < 1.29 is 9.26 Å². The van der Waals surface area contributed by atoms with Gasteiger partial charge in [-0.25, -0.2) is 0 Å². The molecule has 0 unspecified atom stereocenters. The third-order valence-corrected chi connectivity index (χ3v) is 2.82. The quantitative estimate of drug-likeness (QED) is 0.849. The molecule has 1 heterocycles. The number of para-hydroxylation sites is 1. The highest BCUT2D eigenvalue weighted by molar-refractivity contribution is 9.10. The number of halogens is 1. The van der Waals surface area contributed by atoms with E-state index in [2.05, 4.69) is 33.0 Å². The average molecular weight is 297 g/mol. The molecule has 1 aromatic carbocycles. The summed E-state index contributed by atoms with van der Waals surface area (Å²) in [7, 11) is 0. The van der Waals surface area contributed by atoms with E-state index >= 15 is 0 Å². The monoisotopic (exact) mass is 296 g/mol. The van der Waals surface area contributed by atoms with Gasteiger partial charge in [0, 0.05) is 6.42 Å². The number of benzene rings is 1. The average Bonchev–Trinajstić information content (AvgIpc) is 2.76. The zero-order valence-electron chi connectivity index (χ0n) is 9.52. The van der Waals surface area contributed by atoms with Gasteiger partial charge in [-0.2, -0.15) is 4.98 Å². The molecule has 2 aromatic rings. The number of aromatic nitrogens is 2. The summed E-state index contributed by atoms with van der Waals surface area (Å²) in [5.74, 6) is 2.01. The molecule has 0 amide bonds. The molecule has 0 aliphatic carbocycles. The third-order valence-electron chi connectivity index (χ3n) is 2.17. The van der Waals surface area contributed by atoms with E-state index in [0.717, 1.165) is 23.1 Å². The van der Waals surface area contributed by atoms with Crippen LogP contribution in [-0.4, -0.2) is 10.1 Å². The van der Waals surface area contributed by atoms with E-state index < -0.39 is 0 Å². The highest BCUT2D eigenvalue weighted by atomic mass is 79.9. The lowest BCUT2D eigenvalue weighted by Gasteiger charge is -2.04. The van der Waals surface area contributed by atoms with Crippen LogP contribution in [0.4, 0.5) is 0 Å². The number of rotatable bonds is 5. The second-order valence-corrected chi connectivity index (χ2v) is 4.43. The molecule has 0 bridgehead atoms. The molecule has 0 aliphatic rings. The fraction of sp³-hybridized carbons (Fsp3) is 0.333. The summed E-state index contributed by atoms with van der Waals surface area (Å²) in [6.07, 6.45) is 1.80. The lowest BCUT2D eigenvalue weighted by molar-refractivity contribution is 0.283. The summed E-state index contributed by atoms with van der Waals surface area (Å²) in [6, 6.07) is 7.66. The van der Waals surface area contributed by atoms with E-state index in [-0.39, 0.29) is 0 Å². The Kier molecular flexibility index (Phi) is 4.14. The Labute approximate surface area is 108 Å². The van der Waals surface area contributed by atoms with E-state index in [0.29, 0.717) is 18.3 Å². The summed E-state index contributed by atoms with van der Waals surface area (Å²) in [6.45, 7) is 2.39. The van der Waals surface area contributed by atoms with Crippen LogP contribution in [0, 0.1) is 0 Å². The molecule has 0 saturated carbocycles. The summed E-state index contributed by atoms with van der Waals surface area (Å²) in [5, 5.41) is 3.85.